The Labute approximate surface area is 105 Å². The Morgan fingerprint density at radius 1 is 1.50 bits per heavy atom. The summed E-state index contributed by atoms with van der Waals surface area (Å²) in [7, 11) is 0. The minimum atomic E-state index is -1.06. The number of carbonyl (C=O) groups excluding carboxylic acids is 1. The zero-order chi connectivity index (χ0) is 13.1. The minimum Gasteiger partial charge on any atom is -0.478 e. The van der Waals surface area contributed by atoms with Gasteiger partial charge in [0.1, 0.15) is 0 Å². The number of carboxylic acid groups (broad SMARTS) is 1. The van der Waals surface area contributed by atoms with Crippen molar-refractivity contribution in [3.63, 3.8) is 0 Å². The van der Waals surface area contributed by atoms with Crippen LogP contribution >= 0.6 is 0 Å². The molecule has 0 radical (unpaired) electrons. The summed E-state index contributed by atoms with van der Waals surface area (Å²) in [5.74, 6) is -1.06. The molecule has 18 heavy (non-hydrogen) atoms. The van der Waals surface area contributed by atoms with Gasteiger partial charge in [0, 0.05) is 18.8 Å². The average molecular weight is 249 g/mol. The van der Waals surface area contributed by atoms with Gasteiger partial charge in [-0.2, -0.15) is 0 Å². The number of aromatic nitrogens is 1. The fraction of sp³-hybridized carbons (Fsp3) is 0.417. The van der Waals surface area contributed by atoms with Gasteiger partial charge in [0.25, 0.3) is 0 Å². The first-order valence-electron chi connectivity index (χ1n) is 5.84. The van der Waals surface area contributed by atoms with E-state index in [0.717, 1.165) is 19.4 Å². The highest BCUT2D eigenvalue weighted by atomic mass is 16.4. The topological polar surface area (TPSA) is 82.5 Å². The van der Waals surface area contributed by atoms with Crippen molar-refractivity contribution in [2.45, 2.75) is 25.8 Å². The van der Waals surface area contributed by atoms with Crippen LogP contribution in [0.2, 0.25) is 0 Å². The van der Waals surface area contributed by atoms with Crippen molar-refractivity contribution in [3.05, 3.63) is 24.0 Å². The summed E-state index contributed by atoms with van der Waals surface area (Å²) in [6.07, 6.45) is 4.68. The van der Waals surface area contributed by atoms with E-state index in [1.165, 1.54) is 18.5 Å². The zero-order valence-electron chi connectivity index (χ0n) is 10.1. The molecule has 0 spiro atoms. The number of carbonyl (C=O) groups is 2. The molecule has 1 aromatic rings. The van der Waals surface area contributed by atoms with Gasteiger partial charge in [-0.1, -0.05) is 0 Å². The number of nitrogens with one attached hydrogen (secondary N) is 1. The highest BCUT2D eigenvalue weighted by molar-refractivity contribution is 5.92. The van der Waals surface area contributed by atoms with E-state index in [1.54, 1.807) is 4.90 Å². The number of pyridine rings is 1. The Balaban J connectivity index is 2.07. The average Bonchev–Trinajstić information content (AvgIpc) is 2.76. The summed E-state index contributed by atoms with van der Waals surface area (Å²) in [6, 6.07) is 1.42. The van der Waals surface area contributed by atoms with Crippen molar-refractivity contribution >= 4 is 17.7 Å². The molecular formula is C12H15N3O3. The fourth-order valence-corrected chi connectivity index (χ4v) is 2.06. The summed E-state index contributed by atoms with van der Waals surface area (Å²) >= 11 is 0. The van der Waals surface area contributed by atoms with Crippen LogP contribution in [0.3, 0.4) is 0 Å². The summed E-state index contributed by atoms with van der Waals surface area (Å²) in [6.45, 7) is 2.73. The lowest BCUT2D eigenvalue weighted by Crippen LogP contribution is -2.37. The number of rotatable bonds is 2. The Bertz CT molecular complexity index is 475. The van der Waals surface area contributed by atoms with E-state index in [0.29, 0.717) is 5.69 Å². The van der Waals surface area contributed by atoms with Gasteiger partial charge in [0.05, 0.1) is 17.4 Å². The van der Waals surface area contributed by atoms with Crippen LogP contribution in [-0.4, -0.2) is 39.6 Å². The first kappa shape index (κ1) is 12.3. The number of likely N-dealkylation sites (tertiary alicyclic amines) is 1. The summed E-state index contributed by atoms with van der Waals surface area (Å²) in [4.78, 5) is 28.3. The molecule has 6 nitrogen and oxygen atoms in total. The van der Waals surface area contributed by atoms with Crippen molar-refractivity contribution in [1.29, 1.82) is 0 Å². The molecule has 1 aromatic heterocycles. The second-order valence-corrected chi connectivity index (χ2v) is 4.38. The van der Waals surface area contributed by atoms with Crippen LogP contribution in [0.15, 0.2) is 18.5 Å². The van der Waals surface area contributed by atoms with Gasteiger partial charge in [-0.05, 0) is 25.8 Å². The molecule has 1 fully saturated rings. The second-order valence-electron chi connectivity index (χ2n) is 4.38. The number of carboxylic acids is 1. The number of anilines is 1. The van der Waals surface area contributed by atoms with E-state index in [-0.39, 0.29) is 17.6 Å². The maximum absolute atomic E-state index is 11.9. The maximum atomic E-state index is 11.9. The molecule has 1 aliphatic heterocycles. The molecule has 1 unspecified atom stereocenters. The number of amides is 2. The molecule has 1 saturated heterocycles. The molecule has 6 heteroatoms. The van der Waals surface area contributed by atoms with E-state index in [4.69, 9.17) is 5.11 Å². The molecule has 1 aliphatic rings. The third-order valence-corrected chi connectivity index (χ3v) is 3.05. The fourth-order valence-electron chi connectivity index (χ4n) is 2.06. The van der Waals surface area contributed by atoms with Crippen molar-refractivity contribution in [2.75, 3.05) is 11.9 Å². The highest BCUT2D eigenvalue weighted by Gasteiger charge is 2.25. The van der Waals surface area contributed by atoms with Gasteiger partial charge in [-0.25, -0.2) is 9.59 Å². The van der Waals surface area contributed by atoms with Crippen molar-refractivity contribution < 1.29 is 14.7 Å². The van der Waals surface area contributed by atoms with Crippen LogP contribution in [0.1, 0.15) is 30.1 Å². The third-order valence-electron chi connectivity index (χ3n) is 3.05. The van der Waals surface area contributed by atoms with Crippen LogP contribution in [0, 0.1) is 0 Å². The molecule has 96 valence electrons. The largest absolute Gasteiger partial charge is 0.478 e. The smallest absolute Gasteiger partial charge is 0.337 e. The number of urea groups is 1. The number of aromatic carboxylic acids is 1. The quantitative estimate of drug-likeness (QED) is 0.837. The predicted molar refractivity (Wildman–Crippen MR) is 65.6 cm³/mol. The van der Waals surface area contributed by atoms with Gasteiger partial charge in [0.15, 0.2) is 0 Å². The van der Waals surface area contributed by atoms with E-state index in [2.05, 4.69) is 10.3 Å². The van der Waals surface area contributed by atoms with Crippen molar-refractivity contribution in [2.24, 2.45) is 0 Å². The summed E-state index contributed by atoms with van der Waals surface area (Å²) < 4.78 is 0. The molecular weight excluding hydrogens is 234 g/mol. The van der Waals surface area contributed by atoms with Crippen LogP contribution in [0.4, 0.5) is 10.5 Å². The number of hydrogen-bond acceptors (Lipinski definition) is 3. The lowest BCUT2D eigenvalue weighted by Gasteiger charge is -2.21. The van der Waals surface area contributed by atoms with Gasteiger partial charge in [0.2, 0.25) is 0 Å². The van der Waals surface area contributed by atoms with E-state index >= 15 is 0 Å². The molecule has 1 atom stereocenters. The lowest BCUT2D eigenvalue weighted by atomic mass is 10.2. The molecule has 0 saturated carbocycles. The third kappa shape index (κ3) is 2.58. The highest BCUT2D eigenvalue weighted by Crippen LogP contribution is 2.18. The van der Waals surface area contributed by atoms with Crippen LogP contribution in [-0.2, 0) is 0 Å². The molecule has 2 heterocycles. The number of hydrogen-bond donors (Lipinski definition) is 2. The maximum Gasteiger partial charge on any atom is 0.337 e. The van der Waals surface area contributed by atoms with Gasteiger partial charge >= 0.3 is 12.0 Å². The molecule has 2 amide bonds. The van der Waals surface area contributed by atoms with E-state index < -0.39 is 5.97 Å². The van der Waals surface area contributed by atoms with E-state index in [9.17, 15) is 9.59 Å². The Kier molecular flexibility index (Phi) is 3.45. The van der Waals surface area contributed by atoms with Gasteiger partial charge < -0.3 is 15.3 Å². The normalized spacial score (nSPS) is 18.7. The van der Waals surface area contributed by atoms with Crippen LogP contribution < -0.4 is 5.32 Å². The first-order valence-corrected chi connectivity index (χ1v) is 5.84. The molecule has 0 aromatic carbocycles. The molecule has 0 bridgehead atoms. The van der Waals surface area contributed by atoms with Crippen molar-refractivity contribution in [3.8, 4) is 0 Å². The second kappa shape index (κ2) is 5.03. The Morgan fingerprint density at radius 3 is 2.89 bits per heavy atom. The first-order chi connectivity index (χ1) is 8.58. The predicted octanol–water partition coefficient (Wildman–Crippen LogP) is 1.80. The lowest BCUT2D eigenvalue weighted by molar-refractivity contribution is 0.0696. The van der Waals surface area contributed by atoms with Gasteiger partial charge in [-0.15, -0.1) is 0 Å². The molecule has 2 N–H and O–H groups in total. The molecule has 2 rings (SSSR count). The summed E-state index contributed by atoms with van der Waals surface area (Å²) in [5, 5.41) is 11.5. The van der Waals surface area contributed by atoms with Crippen LogP contribution in [0.5, 0.6) is 0 Å². The minimum absolute atomic E-state index is 0.0577. The Morgan fingerprint density at radius 2 is 2.28 bits per heavy atom. The summed E-state index contributed by atoms with van der Waals surface area (Å²) in [5.41, 5.74) is 0.460. The molecule has 0 aliphatic carbocycles. The number of nitrogens with zero attached hydrogens (tertiary/aromatic N) is 2. The van der Waals surface area contributed by atoms with Crippen molar-refractivity contribution in [1.82, 2.24) is 9.88 Å². The monoisotopic (exact) mass is 249 g/mol. The zero-order valence-corrected chi connectivity index (χ0v) is 10.1. The van der Waals surface area contributed by atoms with Crippen LogP contribution in [0.25, 0.3) is 0 Å². The van der Waals surface area contributed by atoms with E-state index in [1.807, 2.05) is 6.92 Å². The SMILES string of the molecule is CC1CCCN1C(=O)Nc1cncc(C(=O)O)c1. The standard InChI is InChI=1S/C12H15N3O3/c1-8-3-2-4-15(8)12(18)14-10-5-9(11(16)17)6-13-7-10/h5-8H,2-4H2,1H3,(H,14,18)(H,16,17). The van der Waals surface area contributed by atoms with Gasteiger partial charge in [-0.3, -0.25) is 4.98 Å². The Hall–Kier alpha value is -2.11.